The van der Waals surface area contributed by atoms with Crippen molar-refractivity contribution in [3.8, 4) is 0 Å². The smallest absolute Gasteiger partial charge is 0 e. The van der Waals surface area contributed by atoms with E-state index < -0.39 is 0 Å². The standard InChI is InChI=1S/C10H23N.H2/c1-3-4-5-6-7-8-9-10-11-2;/h11H,3-10H2,1-2H3;1H. The van der Waals surface area contributed by atoms with E-state index in [0.717, 1.165) is 0 Å². The molecule has 0 spiro atoms. The molecule has 0 aliphatic rings. The summed E-state index contributed by atoms with van der Waals surface area (Å²) in [5.41, 5.74) is 0. The van der Waals surface area contributed by atoms with Gasteiger partial charge >= 0.3 is 0 Å². The molecular weight excluding hydrogens is 134 g/mol. The van der Waals surface area contributed by atoms with Crippen molar-refractivity contribution in [3.63, 3.8) is 0 Å². The normalized spacial score (nSPS) is 10.4. The number of hydrogen-bond acceptors (Lipinski definition) is 1. The van der Waals surface area contributed by atoms with Crippen LogP contribution in [0, 0.1) is 0 Å². The van der Waals surface area contributed by atoms with Crippen molar-refractivity contribution in [3.05, 3.63) is 0 Å². The van der Waals surface area contributed by atoms with Gasteiger partial charge in [-0.1, -0.05) is 45.4 Å². The quantitative estimate of drug-likeness (QED) is 0.536. The number of hydrogen-bond donors (Lipinski definition) is 1. The van der Waals surface area contributed by atoms with Gasteiger partial charge in [-0.3, -0.25) is 0 Å². The van der Waals surface area contributed by atoms with Gasteiger partial charge in [-0.25, -0.2) is 0 Å². The minimum atomic E-state index is 0. The molecule has 0 aromatic heterocycles. The fourth-order valence-electron chi connectivity index (χ4n) is 1.26. The molecule has 0 aromatic carbocycles. The molecule has 0 aliphatic heterocycles. The van der Waals surface area contributed by atoms with E-state index in [0.29, 0.717) is 0 Å². The van der Waals surface area contributed by atoms with E-state index in [1.807, 2.05) is 7.05 Å². The van der Waals surface area contributed by atoms with Crippen LogP contribution < -0.4 is 5.32 Å². The lowest BCUT2D eigenvalue weighted by atomic mass is 10.1. The predicted octanol–water partition coefficient (Wildman–Crippen LogP) is 3.20. The molecule has 0 atom stereocenters. The Balaban J connectivity index is 0. The van der Waals surface area contributed by atoms with Crippen molar-refractivity contribution in [2.45, 2.75) is 51.9 Å². The molecule has 1 nitrogen and oxygen atoms in total. The highest BCUT2D eigenvalue weighted by molar-refractivity contribution is 4.46. The molecule has 0 amide bonds. The van der Waals surface area contributed by atoms with E-state index >= 15 is 0 Å². The summed E-state index contributed by atoms with van der Waals surface area (Å²) in [6, 6.07) is 0. The van der Waals surface area contributed by atoms with Crippen LogP contribution in [0.4, 0.5) is 0 Å². The zero-order valence-electron chi connectivity index (χ0n) is 8.16. The maximum Gasteiger partial charge on any atom is 0 e. The van der Waals surface area contributed by atoms with Gasteiger partial charge in [0.05, 0.1) is 0 Å². The third-order valence-electron chi connectivity index (χ3n) is 2.03. The molecule has 0 saturated carbocycles. The Bertz CT molecular complexity index is 58.9. The fourth-order valence-corrected chi connectivity index (χ4v) is 1.26. The zero-order chi connectivity index (χ0) is 8.36. The Labute approximate surface area is 73.1 Å². The lowest BCUT2D eigenvalue weighted by Gasteiger charge is -1.99. The summed E-state index contributed by atoms with van der Waals surface area (Å²) >= 11 is 0. The fraction of sp³-hybridized carbons (Fsp3) is 1.00. The van der Waals surface area contributed by atoms with Gasteiger partial charge in [0.15, 0.2) is 0 Å². The second kappa shape index (κ2) is 9.96. The molecule has 1 N–H and O–H groups in total. The van der Waals surface area contributed by atoms with E-state index in [1.54, 1.807) is 0 Å². The summed E-state index contributed by atoms with van der Waals surface area (Å²) in [7, 11) is 2.02. The molecule has 0 saturated heterocycles. The van der Waals surface area contributed by atoms with Crippen molar-refractivity contribution in [2.75, 3.05) is 13.6 Å². The highest BCUT2D eigenvalue weighted by atomic mass is 14.8. The van der Waals surface area contributed by atoms with Crippen LogP contribution in [0.5, 0.6) is 0 Å². The Morgan fingerprint density at radius 3 is 2.00 bits per heavy atom. The highest BCUT2D eigenvalue weighted by Gasteiger charge is 1.88. The van der Waals surface area contributed by atoms with Crippen LogP contribution in [0.2, 0.25) is 0 Å². The molecule has 0 unspecified atom stereocenters. The van der Waals surface area contributed by atoms with Crippen LogP contribution in [-0.2, 0) is 0 Å². The van der Waals surface area contributed by atoms with Crippen LogP contribution in [-0.4, -0.2) is 13.6 Å². The van der Waals surface area contributed by atoms with Gasteiger partial charge in [0.25, 0.3) is 0 Å². The third-order valence-corrected chi connectivity index (χ3v) is 2.03. The largest absolute Gasteiger partial charge is 0.320 e. The van der Waals surface area contributed by atoms with E-state index in [-0.39, 0.29) is 1.43 Å². The van der Waals surface area contributed by atoms with Crippen molar-refractivity contribution in [2.24, 2.45) is 0 Å². The Kier molecular flexibility index (Phi) is 9.92. The molecule has 0 aromatic rings. The molecule has 0 heterocycles. The minimum Gasteiger partial charge on any atom is -0.320 e. The molecule has 0 rings (SSSR count). The molecule has 11 heavy (non-hydrogen) atoms. The SMILES string of the molecule is CCCCCCCCCNC.[HH]. The Morgan fingerprint density at radius 2 is 1.45 bits per heavy atom. The minimum absolute atomic E-state index is 0. The van der Waals surface area contributed by atoms with Gasteiger partial charge in [-0.05, 0) is 20.0 Å². The number of unbranched alkanes of at least 4 members (excludes halogenated alkanes) is 6. The van der Waals surface area contributed by atoms with Gasteiger partial charge in [0, 0.05) is 1.43 Å². The molecule has 0 fully saturated rings. The maximum absolute atomic E-state index is 3.17. The Hall–Kier alpha value is -0.0400. The first-order valence-electron chi connectivity index (χ1n) is 5.06. The van der Waals surface area contributed by atoms with E-state index in [4.69, 9.17) is 0 Å². The molecule has 1 heteroatoms. The first-order chi connectivity index (χ1) is 5.41. The molecular formula is C10H25N. The van der Waals surface area contributed by atoms with Crippen LogP contribution in [0.3, 0.4) is 0 Å². The van der Waals surface area contributed by atoms with E-state index in [2.05, 4.69) is 12.2 Å². The van der Waals surface area contributed by atoms with Crippen LogP contribution in [0.1, 0.15) is 53.3 Å². The van der Waals surface area contributed by atoms with Crippen LogP contribution in [0.25, 0.3) is 0 Å². The first-order valence-corrected chi connectivity index (χ1v) is 5.06. The van der Waals surface area contributed by atoms with Crippen LogP contribution >= 0.6 is 0 Å². The van der Waals surface area contributed by atoms with E-state index in [9.17, 15) is 0 Å². The topological polar surface area (TPSA) is 12.0 Å². The molecule has 0 radical (unpaired) electrons. The monoisotopic (exact) mass is 159 g/mol. The summed E-state index contributed by atoms with van der Waals surface area (Å²) in [6.07, 6.45) is 9.85. The average Bonchev–Trinajstić information content (AvgIpc) is 2.03. The highest BCUT2D eigenvalue weighted by Crippen LogP contribution is 2.05. The Morgan fingerprint density at radius 1 is 0.909 bits per heavy atom. The van der Waals surface area contributed by atoms with Gasteiger partial charge in [-0.2, -0.15) is 0 Å². The number of nitrogens with one attached hydrogen (secondary N) is 1. The second-order valence-corrected chi connectivity index (χ2v) is 3.22. The van der Waals surface area contributed by atoms with Crippen LogP contribution in [0.15, 0.2) is 0 Å². The average molecular weight is 159 g/mol. The van der Waals surface area contributed by atoms with Crippen molar-refractivity contribution >= 4 is 0 Å². The molecule has 0 aliphatic carbocycles. The predicted molar refractivity (Wildman–Crippen MR) is 54.0 cm³/mol. The second-order valence-electron chi connectivity index (χ2n) is 3.22. The number of rotatable bonds is 8. The van der Waals surface area contributed by atoms with E-state index in [1.165, 1.54) is 51.5 Å². The third kappa shape index (κ3) is 9.96. The summed E-state index contributed by atoms with van der Waals surface area (Å²) in [5.74, 6) is 0. The lowest BCUT2D eigenvalue weighted by Crippen LogP contribution is -2.06. The summed E-state index contributed by atoms with van der Waals surface area (Å²) < 4.78 is 0. The van der Waals surface area contributed by atoms with Gasteiger partial charge < -0.3 is 5.32 Å². The van der Waals surface area contributed by atoms with Crippen molar-refractivity contribution in [1.29, 1.82) is 0 Å². The van der Waals surface area contributed by atoms with Crippen molar-refractivity contribution < 1.29 is 1.43 Å². The summed E-state index contributed by atoms with van der Waals surface area (Å²) in [5, 5.41) is 3.17. The van der Waals surface area contributed by atoms with Gasteiger partial charge in [0.2, 0.25) is 0 Å². The van der Waals surface area contributed by atoms with Gasteiger partial charge in [-0.15, -0.1) is 0 Å². The first kappa shape index (κ1) is 11.0. The zero-order valence-corrected chi connectivity index (χ0v) is 8.16. The summed E-state index contributed by atoms with van der Waals surface area (Å²) in [4.78, 5) is 0. The summed E-state index contributed by atoms with van der Waals surface area (Å²) in [6.45, 7) is 3.45. The lowest BCUT2D eigenvalue weighted by molar-refractivity contribution is 0.578. The molecule has 70 valence electrons. The van der Waals surface area contributed by atoms with Gasteiger partial charge in [0.1, 0.15) is 0 Å². The molecule has 0 bridgehead atoms. The van der Waals surface area contributed by atoms with Crippen molar-refractivity contribution in [1.82, 2.24) is 5.32 Å². The maximum atomic E-state index is 3.17.